The summed E-state index contributed by atoms with van der Waals surface area (Å²) < 4.78 is 5.40. The van der Waals surface area contributed by atoms with Gasteiger partial charge in [-0.05, 0) is 26.9 Å². The van der Waals surface area contributed by atoms with E-state index in [2.05, 4.69) is 28.8 Å². The molecule has 2 heterocycles. The number of ether oxygens (including phenoxy) is 1. The van der Waals surface area contributed by atoms with Crippen LogP contribution in [0.25, 0.3) is 0 Å². The van der Waals surface area contributed by atoms with Gasteiger partial charge in [0.15, 0.2) is 0 Å². The molecule has 2 aliphatic heterocycles. The number of rotatable bonds is 6. The Morgan fingerprint density at radius 1 is 1.10 bits per heavy atom. The summed E-state index contributed by atoms with van der Waals surface area (Å²) in [7, 11) is 4.24. The van der Waals surface area contributed by atoms with Gasteiger partial charge in [-0.25, -0.2) is 0 Å². The van der Waals surface area contributed by atoms with Gasteiger partial charge in [-0.3, -0.25) is 9.80 Å². The number of aldehydes is 1. The van der Waals surface area contributed by atoms with Crippen LogP contribution in [0.15, 0.2) is 0 Å². The molecule has 0 bridgehead atoms. The normalized spacial score (nSPS) is 24.9. The third-order valence-corrected chi connectivity index (χ3v) is 4.61. The summed E-state index contributed by atoms with van der Waals surface area (Å²) in [5.41, 5.74) is -0.149. The molecule has 0 aliphatic carbocycles. The second-order valence-electron chi connectivity index (χ2n) is 6.51. The van der Waals surface area contributed by atoms with E-state index in [0.29, 0.717) is 0 Å². The molecule has 0 radical (unpaired) electrons. The number of carbonyl (C=O) groups excluding carboxylic acids is 1. The van der Waals surface area contributed by atoms with Crippen LogP contribution in [0.4, 0.5) is 0 Å². The molecule has 0 N–H and O–H groups in total. The van der Waals surface area contributed by atoms with Gasteiger partial charge >= 0.3 is 0 Å². The fourth-order valence-electron chi connectivity index (χ4n) is 3.05. The van der Waals surface area contributed by atoms with Crippen molar-refractivity contribution in [1.82, 2.24) is 14.7 Å². The van der Waals surface area contributed by atoms with Crippen molar-refractivity contribution in [1.29, 1.82) is 0 Å². The Hall–Kier alpha value is -0.490. The number of likely N-dealkylation sites (N-methyl/N-ethyl adjacent to an activating group) is 1. The van der Waals surface area contributed by atoms with E-state index in [9.17, 15) is 4.79 Å². The van der Waals surface area contributed by atoms with Crippen LogP contribution in [-0.4, -0.2) is 94.1 Å². The van der Waals surface area contributed by atoms with Crippen LogP contribution in [0.2, 0.25) is 0 Å². The second-order valence-corrected chi connectivity index (χ2v) is 6.51. The predicted octanol–water partition coefficient (Wildman–Crippen LogP) is 0.161. The molecule has 5 nitrogen and oxygen atoms in total. The smallest absolute Gasteiger partial charge is 0.127 e. The lowest BCUT2D eigenvalue weighted by Crippen LogP contribution is -2.52. The van der Waals surface area contributed by atoms with Crippen LogP contribution in [0.5, 0.6) is 0 Å². The summed E-state index contributed by atoms with van der Waals surface area (Å²) in [5.74, 6) is 0. The largest absolute Gasteiger partial charge is 0.381 e. The molecule has 116 valence electrons. The summed E-state index contributed by atoms with van der Waals surface area (Å²) in [5, 5.41) is 0. The Bertz CT molecular complexity index is 295. The van der Waals surface area contributed by atoms with Crippen molar-refractivity contribution in [3.8, 4) is 0 Å². The summed E-state index contributed by atoms with van der Waals surface area (Å²) in [4.78, 5) is 18.7. The summed E-state index contributed by atoms with van der Waals surface area (Å²) in [6, 6.07) is 0. The number of nitrogens with zero attached hydrogens (tertiary/aromatic N) is 3. The highest BCUT2D eigenvalue weighted by molar-refractivity contribution is 5.60. The SMILES string of the molecule is CN(C)CCN1CCN(CC2(C=O)CCOCC2)CC1. The van der Waals surface area contributed by atoms with Crippen molar-refractivity contribution in [2.45, 2.75) is 12.8 Å². The molecule has 20 heavy (non-hydrogen) atoms. The van der Waals surface area contributed by atoms with Gasteiger partial charge in [0.25, 0.3) is 0 Å². The van der Waals surface area contributed by atoms with Gasteiger partial charge in [-0.15, -0.1) is 0 Å². The van der Waals surface area contributed by atoms with Gasteiger partial charge in [0.05, 0.1) is 0 Å². The maximum absolute atomic E-state index is 11.5. The molecule has 0 aromatic heterocycles. The molecule has 0 unspecified atom stereocenters. The topological polar surface area (TPSA) is 36.0 Å². The highest BCUT2D eigenvalue weighted by atomic mass is 16.5. The molecule has 0 aromatic rings. The molecule has 0 aromatic carbocycles. The van der Waals surface area contributed by atoms with E-state index in [4.69, 9.17) is 4.74 Å². The highest BCUT2D eigenvalue weighted by Gasteiger charge is 2.35. The molecule has 0 spiro atoms. The van der Waals surface area contributed by atoms with Gasteiger partial charge in [-0.2, -0.15) is 0 Å². The van der Waals surface area contributed by atoms with Crippen molar-refractivity contribution in [2.75, 3.05) is 73.1 Å². The molecule has 0 amide bonds. The highest BCUT2D eigenvalue weighted by Crippen LogP contribution is 2.29. The lowest BCUT2D eigenvalue weighted by atomic mass is 9.81. The van der Waals surface area contributed by atoms with Crippen molar-refractivity contribution < 1.29 is 9.53 Å². The maximum Gasteiger partial charge on any atom is 0.127 e. The first-order valence-electron chi connectivity index (χ1n) is 7.77. The molecule has 0 atom stereocenters. The molecule has 2 aliphatic rings. The van der Waals surface area contributed by atoms with Crippen molar-refractivity contribution >= 4 is 6.29 Å². The van der Waals surface area contributed by atoms with E-state index < -0.39 is 0 Å². The predicted molar refractivity (Wildman–Crippen MR) is 80.0 cm³/mol. The summed E-state index contributed by atoms with van der Waals surface area (Å²) in [6.07, 6.45) is 2.96. The Morgan fingerprint density at radius 2 is 1.70 bits per heavy atom. The number of hydrogen-bond acceptors (Lipinski definition) is 5. The Morgan fingerprint density at radius 3 is 2.25 bits per heavy atom. The second kappa shape index (κ2) is 7.50. The van der Waals surface area contributed by atoms with Crippen LogP contribution in [0.3, 0.4) is 0 Å². The molecule has 2 rings (SSSR count). The average Bonchev–Trinajstić information content (AvgIpc) is 2.47. The van der Waals surface area contributed by atoms with Crippen LogP contribution in [0, 0.1) is 5.41 Å². The van der Waals surface area contributed by atoms with E-state index in [1.54, 1.807) is 0 Å². The van der Waals surface area contributed by atoms with Crippen LogP contribution < -0.4 is 0 Å². The first kappa shape index (κ1) is 15.9. The van der Waals surface area contributed by atoms with Crippen molar-refractivity contribution in [2.24, 2.45) is 5.41 Å². The standard InChI is InChI=1S/C15H29N3O2/c1-16(2)5-6-17-7-9-18(10-8-17)13-15(14-19)3-11-20-12-4-15/h14H,3-13H2,1-2H3. The minimum atomic E-state index is -0.149. The quantitative estimate of drug-likeness (QED) is 0.649. The zero-order chi connectivity index (χ0) is 14.4. The van der Waals surface area contributed by atoms with Gasteiger partial charge < -0.3 is 14.4 Å². The lowest BCUT2D eigenvalue weighted by Gasteiger charge is -2.41. The van der Waals surface area contributed by atoms with E-state index in [0.717, 1.165) is 71.9 Å². The summed E-state index contributed by atoms with van der Waals surface area (Å²) in [6.45, 7) is 9.08. The minimum Gasteiger partial charge on any atom is -0.381 e. The van der Waals surface area contributed by atoms with E-state index >= 15 is 0 Å². The third-order valence-electron chi connectivity index (χ3n) is 4.61. The molecular formula is C15H29N3O2. The zero-order valence-electron chi connectivity index (χ0n) is 13.0. The van der Waals surface area contributed by atoms with E-state index in [1.165, 1.54) is 6.29 Å². The summed E-state index contributed by atoms with van der Waals surface area (Å²) >= 11 is 0. The molecule has 0 saturated carbocycles. The number of carbonyl (C=O) groups is 1. The minimum absolute atomic E-state index is 0.149. The van der Waals surface area contributed by atoms with Gasteiger partial charge in [0.2, 0.25) is 0 Å². The number of piperazine rings is 1. The fraction of sp³-hybridized carbons (Fsp3) is 0.933. The van der Waals surface area contributed by atoms with Crippen LogP contribution in [0.1, 0.15) is 12.8 Å². The van der Waals surface area contributed by atoms with Gasteiger partial charge in [0, 0.05) is 64.4 Å². The van der Waals surface area contributed by atoms with E-state index in [-0.39, 0.29) is 5.41 Å². The van der Waals surface area contributed by atoms with Crippen LogP contribution >= 0.6 is 0 Å². The van der Waals surface area contributed by atoms with Crippen LogP contribution in [-0.2, 0) is 9.53 Å². The lowest BCUT2D eigenvalue weighted by molar-refractivity contribution is -0.123. The molecule has 5 heteroatoms. The third kappa shape index (κ3) is 4.52. The molecular weight excluding hydrogens is 254 g/mol. The van der Waals surface area contributed by atoms with E-state index in [1.807, 2.05) is 0 Å². The Labute approximate surface area is 122 Å². The first-order chi connectivity index (χ1) is 9.63. The molecule has 2 saturated heterocycles. The Balaban J connectivity index is 1.74. The average molecular weight is 283 g/mol. The number of hydrogen-bond donors (Lipinski definition) is 0. The molecule has 2 fully saturated rings. The van der Waals surface area contributed by atoms with Crippen molar-refractivity contribution in [3.05, 3.63) is 0 Å². The fourth-order valence-corrected chi connectivity index (χ4v) is 3.05. The van der Waals surface area contributed by atoms with Gasteiger partial charge in [0.1, 0.15) is 6.29 Å². The monoisotopic (exact) mass is 283 g/mol. The van der Waals surface area contributed by atoms with Crippen molar-refractivity contribution in [3.63, 3.8) is 0 Å². The Kier molecular flexibility index (Phi) is 5.96. The first-order valence-corrected chi connectivity index (χ1v) is 7.77. The maximum atomic E-state index is 11.5. The van der Waals surface area contributed by atoms with Gasteiger partial charge in [-0.1, -0.05) is 0 Å². The zero-order valence-corrected chi connectivity index (χ0v) is 13.0.